The summed E-state index contributed by atoms with van der Waals surface area (Å²) in [6.45, 7) is 1.20. The zero-order valence-electron chi connectivity index (χ0n) is 10.9. The lowest BCUT2D eigenvalue weighted by molar-refractivity contribution is 0.170. The molecule has 1 fully saturated rings. The van der Waals surface area contributed by atoms with Gasteiger partial charge in [0.1, 0.15) is 0 Å². The Labute approximate surface area is 114 Å². The van der Waals surface area contributed by atoms with E-state index in [1.54, 1.807) is 10.5 Å². The van der Waals surface area contributed by atoms with E-state index in [4.69, 9.17) is 5.11 Å². The van der Waals surface area contributed by atoms with Crippen LogP contribution >= 0.6 is 0 Å². The molecule has 5 nitrogen and oxygen atoms in total. The van der Waals surface area contributed by atoms with Crippen molar-refractivity contribution in [3.8, 4) is 0 Å². The van der Waals surface area contributed by atoms with E-state index in [2.05, 4.69) is 4.98 Å². The second kappa shape index (κ2) is 6.45. The van der Waals surface area contributed by atoms with Crippen LogP contribution in [-0.4, -0.2) is 48.3 Å². The second-order valence-electron chi connectivity index (χ2n) is 4.91. The highest BCUT2D eigenvalue weighted by atomic mass is 32.2. The number of aliphatic hydroxyl groups is 1. The lowest BCUT2D eigenvalue weighted by atomic mass is 10.00. The topological polar surface area (TPSA) is 70.5 Å². The molecule has 1 saturated heterocycles. The summed E-state index contributed by atoms with van der Waals surface area (Å²) < 4.78 is 25.9. The molecule has 6 heteroatoms. The molecule has 0 bridgehead atoms. The fourth-order valence-electron chi connectivity index (χ4n) is 2.28. The Morgan fingerprint density at radius 3 is 2.63 bits per heavy atom. The average molecular weight is 284 g/mol. The Kier molecular flexibility index (Phi) is 4.90. The van der Waals surface area contributed by atoms with Gasteiger partial charge < -0.3 is 5.11 Å². The van der Waals surface area contributed by atoms with Gasteiger partial charge >= 0.3 is 0 Å². The molecular weight excluding hydrogens is 264 g/mol. The lowest BCUT2D eigenvalue weighted by Crippen LogP contribution is -2.40. The number of nitrogens with zero attached hydrogens (tertiary/aromatic N) is 2. The number of pyridine rings is 1. The van der Waals surface area contributed by atoms with Crippen molar-refractivity contribution in [2.45, 2.75) is 19.3 Å². The third kappa shape index (κ3) is 3.99. The van der Waals surface area contributed by atoms with Crippen LogP contribution in [0.3, 0.4) is 0 Å². The maximum atomic E-state index is 12.2. The Balaban J connectivity index is 1.89. The fourth-order valence-corrected chi connectivity index (χ4v) is 3.77. The van der Waals surface area contributed by atoms with Crippen LogP contribution in [0.15, 0.2) is 24.4 Å². The monoisotopic (exact) mass is 284 g/mol. The molecule has 0 aromatic carbocycles. The normalized spacial score (nSPS) is 18.6. The molecular formula is C13H20N2O3S. The van der Waals surface area contributed by atoms with Crippen LogP contribution in [0.5, 0.6) is 0 Å². The zero-order chi connectivity index (χ0) is 13.7. The number of hydrogen-bond donors (Lipinski definition) is 1. The number of aryl methyl sites for hydroxylation is 1. The maximum Gasteiger partial charge on any atom is 0.214 e. The molecule has 1 aromatic rings. The van der Waals surface area contributed by atoms with E-state index in [9.17, 15) is 8.42 Å². The van der Waals surface area contributed by atoms with Crippen molar-refractivity contribution >= 4 is 10.0 Å². The number of aromatic nitrogens is 1. The third-order valence-corrected chi connectivity index (χ3v) is 5.44. The fraction of sp³-hybridized carbons (Fsp3) is 0.615. The number of piperidine rings is 1. The van der Waals surface area contributed by atoms with Gasteiger partial charge in [-0.25, -0.2) is 12.7 Å². The average Bonchev–Trinajstić information content (AvgIpc) is 2.46. The van der Waals surface area contributed by atoms with Gasteiger partial charge in [-0.3, -0.25) is 4.98 Å². The van der Waals surface area contributed by atoms with E-state index in [1.165, 1.54) is 0 Å². The molecule has 1 aromatic heterocycles. The summed E-state index contributed by atoms with van der Waals surface area (Å²) >= 11 is 0. The minimum Gasteiger partial charge on any atom is -0.396 e. The Hall–Kier alpha value is -0.980. The van der Waals surface area contributed by atoms with Crippen LogP contribution < -0.4 is 0 Å². The number of sulfonamides is 1. The van der Waals surface area contributed by atoms with Crippen LogP contribution in [0.4, 0.5) is 0 Å². The number of aliphatic hydroxyl groups excluding tert-OH is 1. The van der Waals surface area contributed by atoms with Crippen molar-refractivity contribution in [1.82, 2.24) is 9.29 Å². The van der Waals surface area contributed by atoms with Crippen LogP contribution in [0.2, 0.25) is 0 Å². The predicted octanol–water partition coefficient (Wildman–Crippen LogP) is 0.658. The molecule has 2 heterocycles. The molecule has 0 aliphatic carbocycles. The second-order valence-corrected chi connectivity index (χ2v) is 7.00. The molecule has 1 aliphatic rings. The Morgan fingerprint density at radius 2 is 2.05 bits per heavy atom. The van der Waals surface area contributed by atoms with Crippen molar-refractivity contribution in [3.63, 3.8) is 0 Å². The molecule has 0 spiro atoms. The summed E-state index contributed by atoms with van der Waals surface area (Å²) in [5.74, 6) is 0.357. The molecule has 2 rings (SSSR count). The maximum absolute atomic E-state index is 12.2. The highest BCUT2D eigenvalue weighted by Gasteiger charge is 2.27. The zero-order valence-corrected chi connectivity index (χ0v) is 11.7. The smallest absolute Gasteiger partial charge is 0.214 e. The first kappa shape index (κ1) is 14.4. The minimum absolute atomic E-state index is 0.105. The van der Waals surface area contributed by atoms with Crippen LogP contribution in [0, 0.1) is 5.92 Å². The Bertz CT molecular complexity index is 482. The first-order valence-electron chi connectivity index (χ1n) is 6.60. The van der Waals surface area contributed by atoms with Gasteiger partial charge in [0.2, 0.25) is 10.0 Å². The first-order chi connectivity index (χ1) is 9.12. The largest absolute Gasteiger partial charge is 0.396 e. The van der Waals surface area contributed by atoms with Crippen LogP contribution in [0.25, 0.3) is 0 Å². The SMILES string of the molecule is O=S(=O)(CCc1ccccn1)N1CCC(CO)CC1. The van der Waals surface area contributed by atoms with Crippen molar-refractivity contribution in [2.75, 3.05) is 25.4 Å². The molecule has 0 radical (unpaired) electrons. The highest BCUT2D eigenvalue weighted by molar-refractivity contribution is 7.89. The van der Waals surface area contributed by atoms with E-state index in [-0.39, 0.29) is 18.3 Å². The lowest BCUT2D eigenvalue weighted by Gasteiger charge is -2.30. The summed E-state index contributed by atoms with van der Waals surface area (Å²) in [5, 5.41) is 9.06. The number of hydrogen-bond acceptors (Lipinski definition) is 4. The predicted molar refractivity (Wildman–Crippen MR) is 73.1 cm³/mol. The molecule has 19 heavy (non-hydrogen) atoms. The summed E-state index contributed by atoms with van der Waals surface area (Å²) in [4.78, 5) is 4.14. The van der Waals surface area contributed by atoms with Gasteiger partial charge in [0.25, 0.3) is 0 Å². The van der Waals surface area contributed by atoms with Gasteiger partial charge in [-0.05, 0) is 30.9 Å². The van der Waals surface area contributed by atoms with Gasteiger partial charge in [-0.2, -0.15) is 0 Å². The minimum atomic E-state index is -3.20. The van der Waals surface area contributed by atoms with Crippen LogP contribution in [0.1, 0.15) is 18.5 Å². The van der Waals surface area contributed by atoms with Crippen molar-refractivity contribution in [2.24, 2.45) is 5.92 Å². The van der Waals surface area contributed by atoms with E-state index >= 15 is 0 Å². The third-order valence-electron chi connectivity index (χ3n) is 3.57. The highest BCUT2D eigenvalue weighted by Crippen LogP contribution is 2.19. The van der Waals surface area contributed by atoms with Crippen molar-refractivity contribution < 1.29 is 13.5 Å². The van der Waals surface area contributed by atoms with Gasteiger partial charge in [0.05, 0.1) is 5.75 Å². The number of rotatable bonds is 5. The molecule has 0 unspecified atom stereocenters. The molecule has 0 atom stereocenters. The van der Waals surface area contributed by atoms with E-state index in [0.29, 0.717) is 19.5 Å². The quantitative estimate of drug-likeness (QED) is 0.862. The van der Waals surface area contributed by atoms with E-state index in [1.807, 2.05) is 18.2 Å². The molecule has 1 aliphatic heterocycles. The van der Waals surface area contributed by atoms with E-state index in [0.717, 1.165) is 18.5 Å². The standard InChI is InChI=1S/C13H20N2O3S/c16-11-12-4-8-15(9-5-12)19(17,18)10-6-13-3-1-2-7-14-13/h1-3,7,12,16H,4-6,8-11H2. The molecule has 0 amide bonds. The van der Waals surface area contributed by atoms with Crippen molar-refractivity contribution in [1.29, 1.82) is 0 Å². The molecule has 1 N–H and O–H groups in total. The van der Waals surface area contributed by atoms with Gasteiger partial charge in [0, 0.05) is 38.0 Å². The van der Waals surface area contributed by atoms with E-state index < -0.39 is 10.0 Å². The van der Waals surface area contributed by atoms with Gasteiger partial charge in [0.15, 0.2) is 0 Å². The summed E-state index contributed by atoms with van der Waals surface area (Å²) in [6.07, 6.45) is 3.62. The van der Waals surface area contributed by atoms with Crippen LogP contribution in [-0.2, 0) is 16.4 Å². The summed E-state index contributed by atoms with van der Waals surface area (Å²) in [5.41, 5.74) is 0.802. The Morgan fingerprint density at radius 1 is 1.32 bits per heavy atom. The van der Waals surface area contributed by atoms with Gasteiger partial charge in [-0.15, -0.1) is 0 Å². The first-order valence-corrected chi connectivity index (χ1v) is 8.21. The van der Waals surface area contributed by atoms with Crippen molar-refractivity contribution in [3.05, 3.63) is 30.1 Å². The summed E-state index contributed by atoms with van der Waals surface area (Å²) in [7, 11) is -3.20. The molecule has 106 valence electrons. The molecule has 0 saturated carbocycles. The van der Waals surface area contributed by atoms with Gasteiger partial charge in [-0.1, -0.05) is 6.07 Å². The summed E-state index contributed by atoms with van der Waals surface area (Å²) in [6, 6.07) is 5.52.